The molecule has 3 rings (SSSR count). The molecule has 1 amide bonds. The van der Waals surface area contributed by atoms with Crippen LogP contribution in [0, 0.1) is 0 Å². The third-order valence-corrected chi connectivity index (χ3v) is 4.89. The normalized spacial score (nSPS) is 17.0. The number of carbonyl (C=O) groups excluding carboxylic acids is 1. The van der Waals surface area contributed by atoms with E-state index >= 15 is 0 Å². The second kappa shape index (κ2) is 7.10. The fourth-order valence-corrected chi connectivity index (χ4v) is 3.34. The van der Waals surface area contributed by atoms with E-state index < -0.39 is 0 Å². The van der Waals surface area contributed by atoms with Crippen molar-refractivity contribution in [1.82, 2.24) is 9.47 Å². The zero-order valence-corrected chi connectivity index (χ0v) is 15.5. The Balaban J connectivity index is 2.05. The summed E-state index contributed by atoms with van der Waals surface area (Å²) in [4.78, 5) is 25.7. The highest BCUT2D eigenvalue weighted by Crippen LogP contribution is 2.29. The van der Waals surface area contributed by atoms with Crippen molar-refractivity contribution in [3.8, 4) is 11.3 Å². The first kappa shape index (κ1) is 17.8. The molecule has 1 unspecified atom stereocenters. The summed E-state index contributed by atoms with van der Waals surface area (Å²) >= 11 is 12.1. The number of cyclic esters (lactones) is 1. The van der Waals surface area contributed by atoms with Crippen LogP contribution < -0.4 is 5.43 Å². The summed E-state index contributed by atoms with van der Waals surface area (Å²) in [5, 5.41) is 0.886. The Morgan fingerprint density at radius 2 is 1.92 bits per heavy atom. The van der Waals surface area contributed by atoms with Gasteiger partial charge >= 0.3 is 6.09 Å². The van der Waals surface area contributed by atoms with Crippen molar-refractivity contribution >= 4 is 29.3 Å². The molecular weight excluding hydrogens is 363 g/mol. The summed E-state index contributed by atoms with van der Waals surface area (Å²) in [5.41, 5.74) is 2.17. The third-order valence-electron chi connectivity index (χ3n) is 4.15. The first-order valence-corrected chi connectivity index (χ1v) is 8.79. The topological polar surface area (TPSA) is 51.5 Å². The van der Waals surface area contributed by atoms with Gasteiger partial charge in [0, 0.05) is 24.4 Å². The Hall–Kier alpha value is -1.98. The fourth-order valence-electron chi connectivity index (χ4n) is 3.04. The van der Waals surface area contributed by atoms with E-state index in [1.165, 1.54) is 0 Å². The second-order valence-electron chi connectivity index (χ2n) is 6.02. The maximum atomic E-state index is 12.2. The van der Waals surface area contributed by atoms with Gasteiger partial charge in [0.05, 0.1) is 28.8 Å². The summed E-state index contributed by atoms with van der Waals surface area (Å²) in [6, 6.07) is 8.39. The molecule has 0 bridgehead atoms. The molecule has 1 saturated heterocycles. The van der Waals surface area contributed by atoms with Crippen LogP contribution in [-0.4, -0.2) is 28.2 Å². The van der Waals surface area contributed by atoms with Gasteiger partial charge in [0.25, 0.3) is 0 Å². The number of hydrogen-bond donors (Lipinski definition) is 0. The highest BCUT2D eigenvalue weighted by Gasteiger charge is 2.28. The molecule has 0 N–H and O–H groups in total. The molecule has 0 saturated carbocycles. The van der Waals surface area contributed by atoms with Crippen LogP contribution >= 0.6 is 23.2 Å². The van der Waals surface area contributed by atoms with Crippen LogP contribution in [0.2, 0.25) is 10.0 Å². The number of nitrogens with zero attached hydrogens (tertiary/aromatic N) is 2. The summed E-state index contributed by atoms with van der Waals surface area (Å²) in [6.07, 6.45) is -0.505. The lowest BCUT2D eigenvalue weighted by molar-refractivity contribution is 0.137. The van der Waals surface area contributed by atoms with Gasteiger partial charge in [-0.3, -0.25) is 9.69 Å². The van der Waals surface area contributed by atoms with E-state index in [2.05, 4.69) is 0 Å². The number of ether oxygens (including phenoxy) is 1. The standard InChI is InChI=1S/C18H18Cl2N2O3/c1-3-22-13(10-21-9-11(2)25-18(21)24)7-14(23)8-17(22)12-4-5-15(19)16(20)6-12/h4-8,11H,3,9-10H2,1-2H3. The number of carbonyl (C=O) groups is 1. The first-order valence-electron chi connectivity index (χ1n) is 8.03. The first-order chi connectivity index (χ1) is 11.9. The van der Waals surface area contributed by atoms with Gasteiger partial charge in [-0.1, -0.05) is 29.3 Å². The molecule has 0 aliphatic carbocycles. The van der Waals surface area contributed by atoms with Gasteiger partial charge in [-0.05, 0) is 31.5 Å². The summed E-state index contributed by atoms with van der Waals surface area (Å²) in [7, 11) is 0. The molecule has 2 aromatic rings. The van der Waals surface area contributed by atoms with Crippen molar-refractivity contribution in [2.24, 2.45) is 0 Å². The van der Waals surface area contributed by atoms with Gasteiger partial charge in [0.2, 0.25) is 0 Å². The molecule has 132 valence electrons. The Labute approximate surface area is 155 Å². The molecular formula is C18H18Cl2N2O3. The van der Waals surface area contributed by atoms with Crippen LogP contribution in [0.3, 0.4) is 0 Å². The minimum Gasteiger partial charge on any atom is -0.444 e. The van der Waals surface area contributed by atoms with Crippen LogP contribution in [-0.2, 0) is 17.8 Å². The molecule has 1 aromatic heterocycles. The minimum absolute atomic E-state index is 0.124. The van der Waals surface area contributed by atoms with E-state index in [0.717, 1.165) is 17.0 Å². The smallest absolute Gasteiger partial charge is 0.410 e. The number of benzene rings is 1. The number of amides is 1. The van der Waals surface area contributed by atoms with E-state index in [-0.39, 0.29) is 17.6 Å². The molecule has 1 fully saturated rings. The van der Waals surface area contributed by atoms with E-state index in [1.54, 1.807) is 29.2 Å². The van der Waals surface area contributed by atoms with Crippen LogP contribution in [0.25, 0.3) is 11.3 Å². The van der Waals surface area contributed by atoms with Crippen molar-refractivity contribution in [3.63, 3.8) is 0 Å². The van der Waals surface area contributed by atoms with Gasteiger partial charge in [-0.2, -0.15) is 0 Å². The van der Waals surface area contributed by atoms with Crippen LogP contribution in [0.15, 0.2) is 35.1 Å². The van der Waals surface area contributed by atoms with E-state index in [0.29, 0.717) is 29.7 Å². The van der Waals surface area contributed by atoms with Gasteiger partial charge in [-0.15, -0.1) is 0 Å². The minimum atomic E-state index is -0.359. The summed E-state index contributed by atoms with van der Waals surface area (Å²) < 4.78 is 7.16. The lowest BCUT2D eigenvalue weighted by atomic mass is 10.1. The third kappa shape index (κ3) is 3.67. The quantitative estimate of drug-likeness (QED) is 0.798. The molecule has 1 aromatic carbocycles. The molecule has 1 aliphatic heterocycles. The van der Waals surface area contributed by atoms with Crippen molar-refractivity contribution < 1.29 is 9.53 Å². The van der Waals surface area contributed by atoms with Crippen LogP contribution in [0.4, 0.5) is 4.79 Å². The molecule has 1 atom stereocenters. The molecule has 7 heteroatoms. The zero-order chi connectivity index (χ0) is 18.1. The largest absolute Gasteiger partial charge is 0.444 e. The van der Waals surface area contributed by atoms with Crippen molar-refractivity contribution in [2.45, 2.75) is 33.0 Å². The lowest BCUT2D eigenvalue weighted by Crippen LogP contribution is -2.27. The maximum Gasteiger partial charge on any atom is 0.410 e. The van der Waals surface area contributed by atoms with Crippen LogP contribution in [0.5, 0.6) is 0 Å². The average Bonchev–Trinajstić information content (AvgIpc) is 2.87. The maximum absolute atomic E-state index is 12.2. The van der Waals surface area contributed by atoms with Crippen molar-refractivity contribution in [2.75, 3.05) is 6.54 Å². The van der Waals surface area contributed by atoms with Gasteiger partial charge < -0.3 is 9.30 Å². The predicted molar refractivity (Wildman–Crippen MR) is 98.2 cm³/mol. The fraction of sp³-hybridized carbons (Fsp3) is 0.333. The Morgan fingerprint density at radius 1 is 1.16 bits per heavy atom. The zero-order valence-electron chi connectivity index (χ0n) is 14.0. The summed E-state index contributed by atoms with van der Waals surface area (Å²) in [5.74, 6) is 0. The van der Waals surface area contributed by atoms with E-state index in [4.69, 9.17) is 27.9 Å². The highest BCUT2D eigenvalue weighted by atomic mass is 35.5. The second-order valence-corrected chi connectivity index (χ2v) is 6.83. The van der Waals surface area contributed by atoms with Crippen molar-refractivity contribution in [3.05, 3.63) is 56.3 Å². The van der Waals surface area contributed by atoms with E-state index in [1.807, 2.05) is 24.5 Å². The molecule has 2 heterocycles. The van der Waals surface area contributed by atoms with Crippen LogP contribution in [0.1, 0.15) is 19.5 Å². The van der Waals surface area contributed by atoms with E-state index in [9.17, 15) is 9.59 Å². The molecule has 0 spiro atoms. The van der Waals surface area contributed by atoms with Gasteiger partial charge in [-0.25, -0.2) is 4.79 Å². The van der Waals surface area contributed by atoms with Crippen molar-refractivity contribution in [1.29, 1.82) is 0 Å². The molecule has 0 radical (unpaired) electrons. The number of hydrogen-bond acceptors (Lipinski definition) is 3. The molecule has 1 aliphatic rings. The van der Waals surface area contributed by atoms with Gasteiger partial charge in [0.1, 0.15) is 6.10 Å². The monoisotopic (exact) mass is 380 g/mol. The Kier molecular flexibility index (Phi) is 5.06. The predicted octanol–water partition coefficient (Wildman–Crippen LogP) is 4.18. The number of rotatable bonds is 4. The number of pyridine rings is 1. The molecule has 25 heavy (non-hydrogen) atoms. The SMILES string of the molecule is CCn1c(CN2CC(C)OC2=O)cc(=O)cc1-c1ccc(Cl)c(Cl)c1. The highest BCUT2D eigenvalue weighted by molar-refractivity contribution is 6.42. The average molecular weight is 381 g/mol. The van der Waals surface area contributed by atoms with Gasteiger partial charge in [0.15, 0.2) is 5.43 Å². The summed E-state index contributed by atoms with van der Waals surface area (Å²) in [6.45, 7) is 5.30. The Morgan fingerprint density at radius 3 is 2.52 bits per heavy atom. The molecule has 5 nitrogen and oxygen atoms in total. The lowest BCUT2D eigenvalue weighted by Gasteiger charge is -2.20. The number of halogens is 2. The Bertz CT molecular complexity index is 879. The number of aromatic nitrogens is 1.